The summed E-state index contributed by atoms with van der Waals surface area (Å²) in [6.45, 7) is 5.80. The molecule has 0 spiro atoms. The van der Waals surface area contributed by atoms with E-state index >= 15 is 0 Å². The number of aromatic carboxylic acids is 1. The lowest BCUT2D eigenvalue weighted by Crippen LogP contribution is -2.04. The molecule has 4 rings (SSSR count). The molecule has 1 N–H and O–H groups in total. The van der Waals surface area contributed by atoms with Crippen molar-refractivity contribution in [3.05, 3.63) is 71.4 Å². The van der Waals surface area contributed by atoms with Crippen molar-refractivity contribution in [2.75, 3.05) is 0 Å². The second-order valence-corrected chi connectivity index (χ2v) is 7.78. The van der Waals surface area contributed by atoms with E-state index < -0.39 is 11.8 Å². The highest BCUT2D eigenvalue weighted by molar-refractivity contribution is 5.98. The second-order valence-electron chi connectivity index (χ2n) is 7.78. The van der Waals surface area contributed by atoms with Crippen LogP contribution in [0.5, 0.6) is 0 Å². The van der Waals surface area contributed by atoms with Crippen molar-refractivity contribution in [1.82, 2.24) is 14.8 Å². The van der Waals surface area contributed by atoms with Gasteiger partial charge < -0.3 is 5.11 Å². The molecule has 0 aliphatic rings. The molecule has 0 saturated heterocycles. The molecule has 0 saturated carbocycles. The van der Waals surface area contributed by atoms with Crippen LogP contribution in [0.1, 0.15) is 41.4 Å². The number of hydrogen-bond acceptors (Lipinski definition) is 3. The molecule has 0 unspecified atom stereocenters. The minimum atomic E-state index is -0.984. The van der Waals surface area contributed by atoms with Gasteiger partial charge >= 0.3 is 5.97 Å². The van der Waals surface area contributed by atoms with E-state index in [1.165, 1.54) is 6.20 Å². The molecule has 0 radical (unpaired) electrons. The molecule has 152 valence electrons. The summed E-state index contributed by atoms with van der Waals surface area (Å²) < 4.78 is 16.7. The molecule has 0 aliphatic carbocycles. The zero-order valence-electron chi connectivity index (χ0n) is 17.3. The van der Waals surface area contributed by atoms with Crippen LogP contribution in [-0.4, -0.2) is 25.8 Å². The number of aryl methyl sites for hydroxylation is 2. The molecule has 2 aromatic heterocycles. The molecule has 30 heavy (non-hydrogen) atoms. The Morgan fingerprint density at radius 2 is 1.87 bits per heavy atom. The third kappa shape index (κ3) is 3.34. The van der Waals surface area contributed by atoms with Crippen molar-refractivity contribution in [3.8, 4) is 22.3 Å². The van der Waals surface area contributed by atoms with Crippen molar-refractivity contribution in [2.24, 2.45) is 7.05 Å². The topological polar surface area (TPSA) is 68.0 Å². The summed E-state index contributed by atoms with van der Waals surface area (Å²) in [6.07, 6.45) is 3.16. The van der Waals surface area contributed by atoms with Gasteiger partial charge in [-0.2, -0.15) is 5.10 Å². The van der Waals surface area contributed by atoms with Crippen LogP contribution in [0.2, 0.25) is 0 Å². The average molecular weight is 403 g/mol. The monoisotopic (exact) mass is 403 g/mol. The van der Waals surface area contributed by atoms with Gasteiger partial charge in [-0.1, -0.05) is 32.0 Å². The van der Waals surface area contributed by atoms with Crippen LogP contribution in [-0.2, 0) is 7.05 Å². The largest absolute Gasteiger partial charge is 0.478 e. The standard InChI is InChI=1S/C24H22FN3O2/c1-13(2)19-9-16(6-7-17(19)24(29)30)23-18-8-5-15(10-22(18)26-11-21(23)25)20-12-28(4)27-14(20)3/h5-13H,1-4H3,(H,29,30). The first-order chi connectivity index (χ1) is 14.3. The van der Waals surface area contributed by atoms with E-state index in [2.05, 4.69) is 10.1 Å². The molecule has 0 bridgehead atoms. The normalized spacial score (nSPS) is 11.4. The first kappa shape index (κ1) is 19.8. The first-order valence-electron chi connectivity index (χ1n) is 9.72. The van der Waals surface area contributed by atoms with Crippen LogP contribution in [0.4, 0.5) is 4.39 Å². The van der Waals surface area contributed by atoms with Crippen LogP contribution in [0.25, 0.3) is 33.2 Å². The summed E-state index contributed by atoms with van der Waals surface area (Å²) in [4.78, 5) is 15.9. The SMILES string of the molecule is Cc1nn(C)cc1-c1ccc2c(-c3ccc(C(=O)O)c(C(C)C)c3)c(F)cnc2c1. The number of nitrogens with zero attached hydrogens (tertiary/aromatic N) is 3. The number of halogens is 1. The molecule has 2 aromatic carbocycles. The van der Waals surface area contributed by atoms with Crippen molar-refractivity contribution in [1.29, 1.82) is 0 Å². The number of benzene rings is 2. The third-order valence-corrected chi connectivity index (χ3v) is 5.34. The lowest BCUT2D eigenvalue weighted by Gasteiger charge is -2.14. The summed E-state index contributed by atoms with van der Waals surface area (Å²) in [6, 6.07) is 10.7. The Hall–Kier alpha value is -3.54. The van der Waals surface area contributed by atoms with Gasteiger partial charge in [-0.3, -0.25) is 9.67 Å². The summed E-state index contributed by atoms with van der Waals surface area (Å²) in [5, 5.41) is 14.5. The maximum absolute atomic E-state index is 14.9. The molecule has 0 atom stereocenters. The fourth-order valence-corrected chi connectivity index (χ4v) is 3.90. The number of carbonyl (C=O) groups is 1. The van der Waals surface area contributed by atoms with Gasteiger partial charge in [0.2, 0.25) is 0 Å². The number of carboxylic acids is 1. The van der Waals surface area contributed by atoms with E-state index in [9.17, 15) is 14.3 Å². The fraction of sp³-hybridized carbons (Fsp3) is 0.208. The molecule has 6 heteroatoms. The number of hydrogen-bond donors (Lipinski definition) is 1. The van der Waals surface area contributed by atoms with Crippen molar-refractivity contribution in [3.63, 3.8) is 0 Å². The predicted molar refractivity (Wildman–Crippen MR) is 115 cm³/mol. The Morgan fingerprint density at radius 1 is 1.13 bits per heavy atom. The van der Waals surface area contributed by atoms with E-state index in [1.807, 2.05) is 52.2 Å². The highest BCUT2D eigenvalue weighted by atomic mass is 19.1. The van der Waals surface area contributed by atoms with Gasteiger partial charge in [-0.15, -0.1) is 0 Å². The van der Waals surface area contributed by atoms with Crippen LogP contribution < -0.4 is 0 Å². The number of rotatable bonds is 4. The molecular weight excluding hydrogens is 381 g/mol. The fourth-order valence-electron chi connectivity index (χ4n) is 3.90. The van der Waals surface area contributed by atoms with Gasteiger partial charge in [0.1, 0.15) is 5.82 Å². The maximum atomic E-state index is 14.9. The highest BCUT2D eigenvalue weighted by Crippen LogP contribution is 2.35. The maximum Gasteiger partial charge on any atom is 0.335 e. The molecule has 0 aliphatic heterocycles. The summed E-state index contributed by atoms with van der Waals surface area (Å²) in [5.41, 5.74) is 5.51. The minimum absolute atomic E-state index is 0.00706. The number of carboxylic acid groups (broad SMARTS) is 1. The van der Waals surface area contributed by atoms with Gasteiger partial charge in [-0.25, -0.2) is 9.18 Å². The molecule has 5 nitrogen and oxygen atoms in total. The van der Waals surface area contributed by atoms with E-state index in [0.717, 1.165) is 16.8 Å². The second kappa shape index (κ2) is 7.37. The smallest absolute Gasteiger partial charge is 0.335 e. The molecule has 2 heterocycles. The molecule has 4 aromatic rings. The molecular formula is C24H22FN3O2. The zero-order valence-corrected chi connectivity index (χ0v) is 17.3. The Bertz CT molecular complexity index is 1290. The van der Waals surface area contributed by atoms with Crippen molar-refractivity contribution >= 4 is 16.9 Å². The van der Waals surface area contributed by atoms with Gasteiger partial charge in [-0.05, 0) is 47.7 Å². The third-order valence-electron chi connectivity index (χ3n) is 5.34. The Labute approximate surface area is 173 Å². The zero-order chi connectivity index (χ0) is 21.6. The lowest BCUT2D eigenvalue weighted by atomic mass is 9.91. The van der Waals surface area contributed by atoms with Crippen LogP contribution in [0.3, 0.4) is 0 Å². The van der Waals surface area contributed by atoms with Crippen LogP contribution in [0, 0.1) is 12.7 Å². The molecule has 0 amide bonds. The van der Waals surface area contributed by atoms with Crippen LogP contribution >= 0.6 is 0 Å². The van der Waals surface area contributed by atoms with E-state index in [1.54, 1.807) is 22.9 Å². The molecule has 0 fully saturated rings. The number of aromatic nitrogens is 3. The quantitative estimate of drug-likeness (QED) is 0.484. The van der Waals surface area contributed by atoms with Crippen LogP contribution in [0.15, 0.2) is 48.8 Å². The summed E-state index contributed by atoms with van der Waals surface area (Å²) in [5.74, 6) is -1.43. The lowest BCUT2D eigenvalue weighted by molar-refractivity contribution is 0.0695. The Balaban J connectivity index is 1.91. The van der Waals surface area contributed by atoms with E-state index in [0.29, 0.717) is 27.6 Å². The Morgan fingerprint density at radius 3 is 2.50 bits per heavy atom. The summed E-state index contributed by atoms with van der Waals surface area (Å²) >= 11 is 0. The predicted octanol–water partition coefficient (Wildman–Crippen LogP) is 5.57. The van der Waals surface area contributed by atoms with Gasteiger partial charge in [0, 0.05) is 29.8 Å². The van der Waals surface area contributed by atoms with E-state index in [-0.39, 0.29) is 11.5 Å². The highest BCUT2D eigenvalue weighted by Gasteiger charge is 2.18. The van der Waals surface area contributed by atoms with Crippen molar-refractivity contribution < 1.29 is 14.3 Å². The van der Waals surface area contributed by atoms with Gasteiger partial charge in [0.05, 0.1) is 23.0 Å². The minimum Gasteiger partial charge on any atom is -0.478 e. The van der Waals surface area contributed by atoms with Gasteiger partial charge in [0.15, 0.2) is 0 Å². The summed E-state index contributed by atoms with van der Waals surface area (Å²) in [7, 11) is 1.87. The Kier molecular flexibility index (Phi) is 4.86. The number of fused-ring (bicyclic) bond motifs is 1. The van der Waals surface area contributed by atoms with E-state index in [4.69, 9.17) is 0 Å². The number of pyridine rings is 1. The van der Waals surface area contributed by atoms with Crippen molar-refractivity contribution in [2.45, 2.75) is 26.7 Å². The average Bonchev–Trinajstić information content (AvgIpc) is 3.05. The van der Waals surface area contributed by atoms with Gasteiger partial charge in [0.25, 0.3) is 0 Å². The first-order valence-corrected chi connectivity index (χ1v) is 9.72.